The van der Waals surface area contributed by atoms with Crippen molar-refractivity contribution in [1.29, 1.82) is 0 Å². The van der Waals surface area contributed by atoms with Gasteiger partial charge in [-0.2, -0.15) is 0 Å². The summed E-state index contributed by atoms with van der Waals surface area (Å²) in [6.45, 7) is 2.48. The van der Waals surface area contributed by atoms with Crippen molar-refractivity contribution in [2.45, 2.75) is 6.92 Å². The van der Waals surface area contributed by atoms with Gasteiger partial charge in [0.05, 0.1) is 19.3 Å². The Kier molecular flexibility index (Phi) is 3.92. The summed E-state index contributed by atoms with van der Waals surface area (Å²) in [6.07, 6.45) is 3.76. The van der Waals surface area contributed by atoms with Crippen LogP contribution in [-0.2, 0) is 7.05 Å². The lowest BCUT2D eigenvalue weighted by Gasteiger charge is -2.03. The molecular weight excluding hydrogens is 330 g/mol. The Balaban J connectivity index is 1.75. The Labute approximate surface area is 151 Å². The first-order chi connectivity index (χ1) is 12.6. The molecule has 5 heteroatoms. The van der Waals surface area contributed by atoms with Crippen molar-refractivity contribution >= 4 is 22.8 Å². The third-order valence-corrected chi connectivity index (χ3v) is 4.47. The van der Waals surface area contributed by atoms with E-state index < -0.39 is 0 Å². The number of aromatic nitrogens is 1. The van der Waals surface area contributed by atoms with Gasteiger partial charge in [-0.3, -0.25) is 4.79 Å². The Bertz CT molecular complexity index is 1050. The van der Waals surface area contributed by atoms with E-state index in [4.69, 9.17) is 14.2 Å². The molecule has 0 radical (unpaired) electrons. The number of fused-ring (bicyclic) bond motifs is 2. The quantitative estimate of drug-likeness (QED) is 0.662. The summed E-state index contributed by atoms with van der Waals surface area (Å²) >= 11 is 0. The zero-order valence-electron chi connectivity index (χ0n) is 14.9. The first-order valence-corrected chi connectivity index (χ1v) is 8.45. The summed E-state index contributed by atoms with van der Waals surface area (Å²) < 4.78 is 18.6. The Morgan fingerprint density at radius 3 is 2.73 bits per heavy atom. The zero-order valence-corrected chi connectivity index (χ0v) is 14.9. The molecule has 0 fully saturated rings. The number of carbonyl (C=O) groups is 1. The molecule has 0 aliphatic carbocycles. The number of nitrogens with zero attached hydrogens (tertiary/aromatic N) is 1. The fraction of sp³-hybridized carbons (Fsp3) is 0.190. The number of aryl methyl sites for hydroxylation is 1. The van der Waals surface area contributed by atoms with E-state index in [2.05, 4.69) is 0 Å². The van der Waals surface area contributed by atoms with Crippen LogP contribution in [0.5, 0.6) is 17.2 Å². The van der Waals surface area contributed by atoms with Crippen molar-refractivity contribution in [2.75, 3.05) is 13.7 Å². The van der Waals surface area contributed by atoms with Crippen LogP contribution in [0.2, 0.25) is 0 Å². The first kappa shape index (κ1) is 16.3. The van der Waals surface area contributed by atoms with Gasteiger partial charge in [0.25, 0.3) is 0 Å². The monoisotopic (exact) mass is 349 g/mol. The minimum atomic E-state index is -0.122. The predicted octanol–water partition coefficient (Wildman–Crippen LogP) is 4.20. The topological polar surface area (TPSA) is 49.7 Å². The van der Waals surface area contributed by atoms with Crippen molar-refractivity contribution in [3.05, 3.63) is 59.5 Å². The first-order valence-electron chi connectivity index (χ1n) is 8.45. The van der Waals surface area contributed by atoms with Crippen LogP contribution in [-0.4, -0.2) is 24.1 Å². The van der Waals surface area contributed by atoms with Crippen LogP contribution in [0, 0.1) is 0 Å². The predicted molar refractivity (Wildman–Crippen MR) is 100 cm³/mol. The van der Waals surface area contributed by atoms with Gasteiger partial charge in [0, 0.05) is 35.8 Å². The fourth-order valence-electron chi connectivity index (χ4n) is 3.21. The lowest BCUT2D eigenvalue weighted by molar-refractivity contribution is 0.101. The summed E-state index contributed by atoms with van der Waals surface area (Å²) in [5.41, 5.74) is 2.51. The van der Waals surface area contributed by atoms with Crippen molar-refractivity contribution in [3.8, 4) is 17.2 Å². The number of benzene rings is 2. The van der Waals surface area contributed by atoms with Gasteiger partial charge in [-0.05, 0) is 43.3 Å². The van der Waals surface area contributed by atoms with Gasteiger partial charge in [-0.15, -0.1) is 0 Å². The van der Waals surface area contributed by atoms with E-state index in [0.29, 0.717) is 29.4 Å². The Morgan fingerprint density at radius 2 is 1.96 bits per heavy atom. The zero-order chi connectivity index (χ0) is 18.3. The molecule has 0 saturated heterocycles. The van der Waals surface area contributed by atoms with Gasteiger partial charge < -0.3 is 18.8 Å². The summed E-state index contributed by atoms with van der Waals surface area (Å²) in [6, 6.07) is 11.2. The van der Waals surface area contributed by atoms with E-state index in [1.165, 1.54) is 0 Å². The third kappa shape index (κ3) is 2.62. The summed E-state index contributed by atoms with van der Waals surface area (Å²) in [4.78, 5) is 12.7. The van der Waals surface area contributed by atoms with Gasteiger partial charge in [-0.1, -0.05) is 0 Å². The van der Waals surface area contributed by atoms with E-state index >= 15 is 0 Å². The number of hydrogen-bond donors (Lipinski definition) is 0. The maximum absolute atomic E-state index is 12.7. The Hall–Kier alpha value is -3.21. The number of hydrogen-bond acceptors (Lipinski definition) is 4. The molecule has 2 heterocycles. The maximum Gasteiger partial charge on any atom is 0.231 e. The molecule has 1 aromatic heterocycles. The van der Waals surface area contributed by atoms with Crippen LogP contribution < -0.4 is 14.2 Å². The molecule has 26 heavy (non-hydrogen) atoms. The summed E-state index contributed by atoms with van der Waals surface area (Å²) in [5.74, 6) is 2.18. The molecule has 0 N–H and O–H groups in total. The van der Waals surface area contributed by atoms with E-state index in [1.807, 2.05) is 42.9 Å². The largest absolute Gasteiger partial charge is 0.497 e. The number of Topliss-reactive ketones (excluding diaryl/α,β-unsaturated/α-hetero) is 1. The second kappa shape index (κ2) is 6.26. The molecule has 4 rings (SSSR count). The fourth-order valence-corrected chi connectivity index (χ4v) is 3.21. The third-order valence-electron chi connectivity index (χ3n) is 4.47. The number of ether oxygens (including phenoxy) is 3. The SMILES string of the molecule is CCOc1ccc2c(c1)O/C(=C/c1cn(C)c3ccc(OC)cc13)C2=O. The van der Waals surface area contributed by atoms with E-state index in [1.54, 1.807) is 31.4 Å². The number of carbonyl (C=O) groups excluding carboxylic acids is 1. The molecule has 132 valence electrons. The summed E-state index contributed by atoms with van der Waals surface area (Å²) in [7, 11) is 3.61. The number of ketones is 1. The molecule has 0 bridgehead atoms. The molecule has 5 nitrogen and oxygen atoms in total. The molecule has 2 aromatic carbocycles. The van der Waals surface area contributed by atoms with Gasteiger partial charge in [0.15, 0.2) is 5.76 Å². The average Bonchev–Trinajstić information content (AvgIpc) is 3.12. The minimum Gasteiger partial charge on any atom is -0.497 e. The molecule has 0 atom stereocenters. The standard InChI is InChI=1S/C21H19NO4/c1-4-25-15-5-7-16-19(11-15)26-20(21(16)23)9-13-12-22(2)18-8-6-14(24-3)10-17(13)18/h5-12H,4H2,1-3H3/b20-9+. The molecule has 0 saturated carbocycles. The second-order valence-electron chi connectivity index (χ2n) is 6.11. The maximum atomic E-state index is 12.7. The van der Waals surface area contributed by atoms with Crippen LogP contribution in [0.1, 0.15) is 22.8 Å². The van der Waals surface area contributed by atoms with E-state index in [0.717, 1.165) is 22.2 Å². The second-order valence-corrected chi connectivity index (χ2v) is 6.11. The minimum absolute atomic E-state index is 0.122. The van der Waals surface area contributed by atoms with Gasteiger partial charge in [-0.25, -0.2) is 0 Å². The Morgan fingerprint density at radius 1 is 1.15 bits per heavy atom. The van der Waals surface area contributed by atoms with Crippen molar-refractivity contribution < 1.29 is 19.0 Å². The smallest absolute Gasteiger partial charge is 0.231 e. The normalized spacial score (nSPS) is 14.6. The molecule has 0 amide bonds. The molecule has 0 spiro atoms. The number of allylic oxidation sites excluding steroid dienone is 1. The van der Waals surface area contributed by atoms with Gasteiger partial charge in [0.1, 0.15) is 17.2 Å². The van der Waals surface area contributed by atoms with Crippen molar-refractivity contribution in [3.63, 3.8) is 0 Å². The molecular formula is C21H19NO4. The molecule has 0 unspecified atom stereocenters. The lowest BCUT2D eigenvalue weighted by Crippen LogP contribution is -1.97. The highest BCUT2D eigenvalue weighted by Gasteiger charge is 2.28. The average molecular weight is 349 g/mol. The van der Waals surface area contributed by atoms with Crippen molar-refractivity contribution in [2.24, 2.45) is 7.05 Å². The highest BCUT2D eigenvalue weighted by atomic mass is 16.5. The van der Waals surface area contributed by atoms with Crippen molar-refractivity contribution in [1.82, 2.24) is 4.57 Å². The number of methoxy groups -OCH3 is 1. The van der Waals surface area contributed by atoms with E-state index in [-0.39, 0.29) is 5.78 Å². The van der Waals surface area contributed by atoms with Gasteiger partial charge in [0.2, 0.25) is 5.78 Å². The summed E-state index contributed by atoms with van der Waals surface area (Å²) in [5, 5.41) is 1.00. The molecule has 1 aliphatic heterocycles. The lowest BCUT2D eigenvalue weighted by atomic mass is 10.1. The highest BCUT2D eigenvalue weighted by molar-refractivity contribution is 6.15. The number of rotatable bonds is 4. The van der Waals surface area contributed by atoms with Crippen LogP contribution >= 0.6 is 0 Å². The van der Waals surface area contributed by atoms with Crippen LogP contribution in [0.4, 0.5) is 0 Å². The van der Waals surface area contributed by atoms with Crippen LogP contribution in [0.25, 0.3) is 17.0 Å². The highest BCUT2D eigenvalue weighted by Crippen LogP contribution is 2.36. The van der Waals surface area contributed by atoms with Crippen LogP contribution in [0.3, 0.4) is 0 Å². The molecule has 1 aliphatic rings. The van der Waals surface area contributed by atoms with Gasteiger partial charge >= 0.3 is 0 Å². The van der Waals surface area contributed by atoms with Crippen LogP contribution in [0.15, 0.2) is 48.4 Å². The van der Waals surface area contributed by atoms with E-state index in [9.17, 15) is 4.79 Å². The molecule has 3 aromatic rings.